The summed E-state index contributed by atoms with van der Waals surface area (Å²) in [5.74, 6) is -0.138. The van der Waals surface area contributed by atoms with Gasteiger partial charge in [0, 0.05) is 45.2 Å². The Morgan fingerprint density at radius 1 is 0.914 bits per heavy atom. The first-order valence-electron chi connectivity index (χ1n) is 11.0. The third-order valence-corrected chi connectivity index (χ3v) is 5.85. The van der Waals surface area contributed by atoms with E-state index in [0.717, 1.165) is 33.9 Å². The van der Waals surface area contributed by atoms with Crippen molar-refractivity contribution >= 4 is 63.6 Å². The molecular formula is C27H22ClN5O2. The molecule has 0 bridgehead atoms. The van der Waals surface area contributed by atoms with Crippen molar-refractivity contribution in [2.45, 2.75) is 6.92 Å². The van der Waals surface area contributed by atoms with Crippen molar-refractivity contribution in [3.8, 4) is 0 Å². The van der Waals surface area contributed by atoms with Gasteiger partial charge in [-0.2, -0.15) is 0 Å². The van der Waals surface area contributed by atoms with Crippen LogP contribution < -0.4 is 21.3 Å². The predicted octanol–water partition coefficient (Wildman–Crippen LogP) is 6.86. The van der Waals surface area contributed by atoms with Crippen LogP contribution in [-0.2, 0) is 4.79 Å². The molecule has 5 rings (SSSR count). The van der Waals surface area contributed by atoms with Crippen LogP contribution in [0.15, 0.2) is 79.0 Å². The minimum absolute atomic E-state index is 0.138. The first-order chi connectivity index (χ1) is 16.9. The Balaban J connectivity index is 1.31. The molecule has 174 valence electrons. The number of hydrogen-bond acceptors (Lipinski definition) is 3. The van der Waals surface area contributed by atoms with Gasteiger partial charge >= 0.3 is 6.03 Å². The number of nitrogens with one attached hydrogen (secondary N) is 5. The molecule has 0 saturated heterocycles. The van der Waals surface area contributed by atoms with Crippen molar-refractivity contribution in [3.05, 3.63) is 101 Å². The van der Waals surface area contributed by atoms with E-state index in [4.69, 9.17) is 11.6 Å². The van der Waals surface area contributed by atoms with E-state index in [1.165, 1.54) is 0 Å². The molecule has 0 atom stereocenters. The van der Waals surface area contributed by atoms with E-state index < -0.39 is 0 Å². The number of anilines is 5. The highest BCUT2D eigenvalue weighted by Crippen LogP contribution is 2.36. The lowest BCUT2D eigenvalue weighted by molar-refractivity contribution is -0.110. The van der Waals surface area contributed by atoms with E-state index in [1.807, 2.05) is 67.7 Å². The monoisotopic (exact) mass is 483 g/mol. The first-order valence-corrected chi connectivity index (χ1v) is 11.3. The highest BCUT2D eigenvalue weighted by molar-refractivity contribution is 6.35. The molecule has 0 fully saturated rings. The Hall–Kier alpha value is -4.49. The molecule has 0 aliphatic carbocycles. The van der Waals surface area contributed by atoms with E-state index in [1.54, 1.807) is 24.3 Å². The molecule has 0 unspecified atom stereocenters. The fourth-order valence-corrected chi connectivity index (χ4v) is 3.95. The number of rotatable bonds is 5. The summed E-state index contributed by atoms with van der Waals surface area (Å²) in [6, 6.07) is 21.7. The molecule has 4 aromatic rings. The number of aromatic nitrogens is 1. The van der Waals surface area contributed by atoms with Gasteiger partial charge in [0.25, 0.3) is 5.91 Å². The third-order valence-electron chi connectivity index (χ3n) is 5.60. The van der Waals surface area contributed by atoms with Crippen molar-refractivity contribution in [2.24, 2.45) is 0 Å². The van der Waals surface area contributed by atoms with E-state index in [2.05, 4.69) is 26.3 Å². The summed E-state index contributed by atoms with van der Waals surface area (Å²) >= 11 is 5.89. The molecule has 0 saturated carbocycles. The zero-order chi connectivity index (χ0) is 24.4. The van der Waals surface area contributed by atoms with Gasteiger partial charge < -0.3 is 26.3 Å². The van der Waals surface area contributed by atoms with Crippen LogP contribution in [0, 0.1) is 6.92 Å². The second-order valence-corrected chi connectivity index (χ2v) is 8.58. The fraction of sp³-hybridized carbons (Fsp3) is 0.0370. The Kier molecular flexibility index (Phi) is 5.99. The van der Waals surface area contributed by atoms with Gasteiger partial charge in [0.2, 0.25) is 0 Å². The predicted molar refractivity (Wildman–Crippen MR) is 142 cm³/mol. The van der Waals surface area contributed by atoms with Gasteiger partial charge in [0.1, 0.15) is 0 Å². The molecule has 1 aliphatic heterocycles. The Morgan fingerprint density at radius 3 is 2.43 bits per heavy atom. The standard InChI is InChI=1S/C27H22ClN5O2/c1-16-4-7-21(32-27(35)31-18-8-5-17(28)6-9-18)14-24(16)30-20-10-11-22-23(13-19-3-2-12-29-19)26(34)33-25(22)15-20/h2-15,29-30H,1H3,(H,33,34)(H2,31,32,35)/b23-13-. The Labute approximate surface area is 207 Å². The largest absolute Gasteiger partial charge is 0.362 e. The van der Waals surface area contributed by atoms with Gasteiger partial charge in [-0.3, -0.25) is 4.79 Å². The summed E-state index contributed by atoms with van der Waals surface area (Å²) in [5, 5.41) is 12.5. The summed E-state index contributed by atoms with van der Waals surface area (Å²) in [5.41, 5.74) is 7.00. The molecule has 8 heteroatoms. The quantitative estimate of drug-likeness (QED) is 0.201. The number of amides is 3. The van der Waals surface area contributed by atoms with E-state index in [9.17, 15) is 9.59 Å². The number of benzene rings is 3. The smallest absolute Gasteiger partial charge is 0.323 e. The molecule has 7 nitrogen and oxygen atoms in total. The highest BCUT2D eigenvalue weighted by Gasteiger charge is 2.24. The molecular weight excluding hydrogens is 462 g/mol. The van der Waals surface area contributed by atoms with Crippen LogP contribution in [0.25, 0.3) is 11.6 Å². The Bertz CT molecular complexity index is 1440. The maximum absolute atomic E-state index is 12.5. The maximum Gasteiger partial charge on any atom is 0.323 e. The first kappa shape index (κ1) is 22.3. The van der Waals surface area contributed by atoms with Crippen molar-refractivity contribution in [3.63, 3.8) is 0 Å². The summed E-state index contributed by atoms with van der Waals surface area (Å²) < 4.78 is 0. The Morgan fingerprint density at radius 2 is 1.66 bits per heavy atom. The number of H-pyrrole nitrogens is 1. The second-order valence-electron chi connectivity index (χ2n) is 8.14. The molecule has 35 heavy (non-hydrogen) atoms. The summed E-state index contributed by atoms with van der Waals surface area (Å²) in [6.45, 7) is 1.98. The minimum atomic E-state index is -0.358. The number of hydrogen-bond donors (Lipinski definition) is 5. The normalized spacial score (nSPS) is 13.3. The lowest BCUT2D eigenvalue weighted by atomic mass is 10.1. The second kappa shape index (κ2) is 9.40. The number of halogens is 1. The van der Waals surface area contributed by atoms with Crippen LogP contribution in [0.2, 0.25) is 5.02 Å². The van der Waals surface area contributed by atoms with Crippen LogP contribution >= 0.6 is 11.6 Å². The van der Waals surface area contributed by atoms with Gasteiger partial charge in [0.05, 0.1) is 11.3 Å². The number of urea groups is 1. The van der Waals surface area contributed by atoms with Crippen molar-refractivity contribution in [1.82, 2.24) is 4.98 Å². The maximum atomic E-state index is 12.5. The number of aryl methyl sites for hydroxylation is 1. The minimum Gasteiger partial charge on any atom is -0.362 e. The molecule has 3 aromatic carbocycles. The zero-order valence-electron chi connectivity index (χ0n) is 18.8. The number of fused-ring (bicyclic) bond motifs is 1. The summed E-state index contributed by atoms with van der Waals surface area (Å²) in [4.78, 5) is 28.0. The van der Waals surface area contributed by atoms with Crippen molar-refractivity contribution in [2.75, 3.05) is 21.3 Å². The molecule has 1 aromatic heterocycles. The van der Waals surface area contributed by atoms with Crippen molar-refractivity contribution < 1.29 is 9.59 Å². The molecule has 1 aliphatic rings. The van der Waals surface area contributed by atoms with E-state index in [-0.39, 0.29) is 11.9 Å². The van der Waals surface area contributed by atoms with E-state index >= 15 is 0 Å². The summed E-state index contributed by atoms with van der Waals surface area (Å²) in [7, 11) is 0. The van der Waals surface area contributed by atoms with Crippen LogP contribution in [0.5, 0.6) is 0 Å². The van der Waals surface area contributed by atoms with Gasteiger partial charge in [-0.1, -0.05) is 23.7 Å². The number of carbonyl (C=O) groups is 2. The average molecular weight is 484 g/mol. The van der Waals surface area contributed by atoms with Gasteiger partial charge in [-0.05, 0) is 79.2 Å². The number of carbonyl (C=O) groups excluding carboxylic acids is 2. The molecule has 0 radical (unpaired) electrons. The molecule has 2 heterocycles. The van der Waals surface area contributed by atoms with Gasteiger partial charge in [-0.15, -0.1) is 0 Å². The van der Waals surface area contributed by atoms with Crippen LogP contribution in [0.3, 0.4) is 0 Å². The van der Waals surface area contributed by atoms with Gasteiger partial charge in [-0.25, -0.2) is 4.79 Å². The van der Waals surface area contributed by atoms with Crippen LogP contribution in [0.1, 0.15) is 16.8 Å². The molecule has 3 amide bonds. The SMILES string of the molecule is Cc1ccc(NC(=O)Nc2ccc(Cl)cc2)cc1Nc1ccc2c(c1)NC(=O)/C2=C\c1ccc[nH]1. The summed E-state index contributed by atoms with van der Waals surface area (Å²) in [6.07, 6.45) is 3.66. The van der Waals surface area contributed by atoms with Gasteiger partial charge in [0.15, 0.2) is 0 Å². The molecule has 5 N–H and O–H groups in total. The number of aromatic amines is 1. The molecule has 0 spiro atoms. The third kappa shape index (κ3) is 5.05. The van der Waals surface area contributed by atoms with Crippen LogP contribution in [-0.4, -0.2) is 16.9 Å². The van der Waals surface area contributed by atoms with Crippen molar-refractivity contribution in [1.29, 1.82) is 0 Å². The lowest BCUT2D eigenvalue weighted by Gasteiger charge is -2.14. The topological polar surface area (TPSA) is 98.0 Å². The fourth-order valence-electron chi connectivity index (χ4n) is 3.82. The zero-order valence-corrected chi connectivity index (χ0v) is 19.5. The average Bonchev–Trinajstić information content (AvgIpc) is 3.45. The lowest BCUT2D eigenvalue weighted by Crippen LogP contribution is -2.19. The van der Waals surface area contributed by atoms with E-state index in [0.29, 0.717) is 22.0 Å². The van der Waals surface area contributed by atoms with Crippen LogP contribution in [0.4, 0.5) is 33.2 Å². The highest BCUT2D eigenvalue weighted by atomic mass is 35.5.